The molecule has 0 spiro atoms. The quantitative estimate of drug-likeness (QED) is 0.902. The molecule has 0 unspecified atom stereocenters. The van der Waals surface area contributed by atoms with Crippen LogP contribution in [0, 0.1) is 0 Å². The Balaban J connectivity index is 1.85. The summed E-state index contributed by atoms with van der Waals surface area (Å²) in [5.41, 5.74) is 1.65. The summed E-state index contributed by atoms with van der Waals surface area (Å²) >= 11 is 5.88. The number of hydrogen-bond donors (Lipinski definition) is 2. The van der Waals surface area contributed by atoms with Crippen LogP contribution in [0.3, 0.4) is 0 Å². The van der Waals surface area contributed by atoms with E-state index in [1.165, 1.54) is 0 Å². The van der Waals surface area contributed by atoms with Crippen molar-refractivity contribution in [3.8, 4) is 5.75 Å². The molecule has 0 aliphatic rings. The zero-order valence-electron chi connectivity index (χ0n) is 11.0. The Labute approximate surface area is 122 Å². The van der Waals surface area contributed by atoms with E-state index in [9.17, 15) is 4.79 Å². The number of hydrogen-bond acceptors (Lipinski definition) is 2. The van der Waals surface area contributed by atoms with Crippen molar-refractivity contribution in [2.24, 2.45) is 0 Å². The highest BCUT2D eigenvalue weighted by molar-refractivity contribution is 6.30. The Morgan fingerprint density at radius 3 is 2.60 bits per heavy atom. The van der Waals surface area contributed by atoms with Gasteiger partial charge in [0, 0.05) is 17.3 Å². The van der Waals surface area contributed by atoms with Crippen LogP contribution < -0.4 is 15.4 Å². The van der Waals surface area contributed by atoms with E-state index in [-0.39, 0.29) is 6.03 Å². The van der Waals surface area contributed by atoms with Crippen LogP contribution in [0.4, 0.5) is 10.5 Å². The fraction of sp³-hybridized carbons (Fsp3) is 0.133. The zero-order valence-corrected chi connectivity index (χ0v) is 11.8. The van der Waals surface area contributed by atoms with Gasteiger partial charge in [-0.3, -0.25) is 0 Å². The van der Waals surface area contributed by atoms with Gasteiger partial charge in [0.25, 0.3) is 0 Å². The average Bonchev–Trinajstić information content (AvgIpc) is 2.46. The lowest BCUT2D eigenvalue weighted by atomic mass is 10.2. The lowest BCUT2D eigenvalue weighted by Gasteiger charge is -2.08. The van der Waals surface area contributed by atoms with Gasteiger partial charge in [-0.25, -0.2) is 4.79 Å². The number of rotatable bonds is 4. The summed E-state index contributed by atoms with van der Waals surface area (Å²) in [5.74, 6) is 0.745. The van der Waals surface area contributed by atoms with Crippen molar-refractivity contribution in [1.29, 1.82) is 0 Å². The second-order valence-corrected chi connectivity index (χ2v) is 4.60. The highest BCUT2D eigenvalue weighted by Crippen LogP contribution is 2.15. The molecule has 0 radical (unpaired) electrons. The summed E-state index contributed by atoms with van der Waals surface area (Å²) in [4.78, 5) is 11.7. The lowest BCUT2D eigenvalue weighted by molar-refractivity contribution is 0.251. The number of urea groups is 1. The fourth-order valence-electron chi connectivity index (χ4n) is 1.68. The van der Waals surface area contributed by atoms with Crippen LogP contribution >= 0.6 is 11.6 Å². The molecule has 0 bridgehead atoms. The van der Waals surface area contributed by atoms with Gasteiger partial charge < -0.3 is 15.4 Å². The lowest BCUT2D eigenvalue weighted by Crippen LogP contribution is -2.28. The van der Waals surface area contributed by atoms with E-state index >= 15 is 0 Å². The van der Waals surface area contributed by atoms with Crippen LogP contribution in [0.2, 0.25) is 5.02 Å². The molecular weight excluding hydrogens is 276 g/mol. The maximum Gasteiger partial charge on any atom is 0.319 e. The van der Waals surface area contributed by atoms with Gasteiger partial charge in [-0.15, -0.1) is 0 Å². The Morgan fingerprint density at radius 2 is 1.95 bits per heavy atom. The normalized spacial score (nSPS) is 9.90. The maximum absolute atomic E-state index is 11.7. The minimum Gasteiger partial charge on any atom is -0.497 e. The van der Waals surface area contributed by atoms with Crippen LogP contribution in [0.1, 0.15) is 5.56 Å². The molecule has 2 aromatic carbocycles. The first kappa shape index (κ1) is 14.2. The van der Waals surface area contributed by atoms with Crippen molar-refractivity contribution in [1.82, 2.24) is 5.32 Å². The minimum atomic E-state index is -0.268. The van der Waals surface area contributed by atoms with Crippen LogP contribution in [0.5, 0.6) is 5.75 Å². The number of anilines is 1. The first-order valence-corrected chi connectivity index (χ1v) is 6.48. The number of methoxy groups -OCH3 is 1. The molecule has 0 aliphatic heterocycles. The predicted molar refractivity (Wildman–Crippen MR) is 80.3 cm³/mol. The third kappa shape index (κ3) is 4.17. The van der Waals surface area contributed by atoms with Crippen LogP contribution in [0.25, 0.3) is 0 Å². The standard InChI is InChI=1S/C15H15ClN2O2/c1-20-14-7-5-13(6-8-14)18-15(19)17-10-11-3-2-4-12(16)9-11/h2-9H,10H2,1H3,(H2,17,18,19). The van der Waals surface area contributed by atoms with E-state index in [0.717, 1.165) is 11.3 Å². The topological polar surface area (TPSA) is 50.4 Å². The molecule has 2 aromatic rings. The Bertz CT molecular complexity index is 585. The van der Waals surface area contributed by atoms with Gasteiger partial charge in [-0.2, -0.15) is 0 Å². The number of ether oxygens (including phenoxy) is 1. The molecule has 0 saturated carbocycles. The number of carbonyl (C=O) groups is 1. The number of nitrogens with one attached hydrogen (secondary N) is 2. The van der Waals surface area contributed by atoms with Gasteiger partial charge >= 0.3 is 6.03 Å². The van der Waals surface area contributed by atoms with Crippen molar-refractivity contribution in [2.45, 2.75) is 6.54 Å². The molecule has 2 rings (SSSR count). The first-order chi connectivity index (χ1) is 9.67. The smallest absolute Gasteiger partial charge is 0.319 e. The highest BCUT2D eigenvalue weighted by atomic mass is 35.5. The number of benzene rings is 2. The molecule has 104 valence electrons. The SMILES string of the molecule is COc1ccc(NC(=O)NCc2cccc(Cl)c2)cc1. The van der Waals surface area contributed by atoms with Crippen molar-refractivity contribution < 1.29 is 9.53 Å². The van der Waals surface area contributed by atoms with Gasteiger partial charge in [-0.1, -0.05) is 23.7 Å². The average molecular weight is 291 g/mol. The monoisotopic (exact) mass is 290 g/mol. The second kappa shape index (κ2) is 6.82. The summed E-state index contributed by atoms with van der Waals surface area (Å²) in [5, 5.41) is 6.16. The van der Waals surface area contributed by atoms with Gasteiger partial charge in [0.05, 0.1) is 7.11 Å². The molecule has 2 N–H and O–H groups in total. The van der Waals surface area contributed by atoms with Gasteiger partial charge in [0.15, 0.2) is 0 Å². The van der Waals surface area contributed by atoms with E-state index in [1.807, 2.05) is 18.2 Å². The molecule has 0 fully saturated rings. The fourth-order valence-corrected chi connectivity index (χ4v) is 1.89. The summed E-state index contributed by atoms with van der Waals surface area (Å²) in [6, 6.07) is 14.2. The molecule has 20 heavy (non-hydrogen) atoms. The van der Waals surface area contributed by atoms with E-state index in [2.05, 4.69) is 10.6 Å². The van der Waals surface area contributed by atoms with Crippen molar-refractivity contribution in [3.63, 3.8) is 0 Å². The molecular formula is C15H15ClN2O2. The van der Waals surface area contributed by atoms with Crippen molar-refractivity contribution >= 4 is 23.3 Å². The molecule has 0 heterocycles. The van der Waals surface area contributed by atoms with E-state index < -0.39 is 0 Å². The van der Waals surface area contributed by atoms with Gasteiger partial charge in [0.1, 0.15) is 5.75 Å². The van der Waals surface area contributed by atoms with Crippen LogP contribution in [-0.4, -0.2) is 13.1 Å². The molecule has 4 nitrogen and oxygen atoms in total. The Morgan fingerprint density at radius 1 is 1.20 bits per heavy atom. The number of halogens is 1. The largest absolute Gasteiger partial charge is 0.497 e. The van der Waals surface area contributed by atoms with Crippen LogP contribution in [0.15, 0.2) is 48.5 Å². The van der Waals surface area contributed by atoms with E-state index in [4.69, 9.17) is 16.3 Å². The minimum absolute atomic E-state index is 0.268. The third-order valence-electron chi connectivity index (χ3n) is 2.69. The second-order valence-electron chi connectivity index (χ2n) is 4.17. The van der Waals surface area contributed by atoms with Crippen molar-refractivity contribution in [2.75, 3.05) is 12.4 Å². The molecule has 0 aliphatic carbocycles. The van der Waals surface area contributed by atoms with E-state index in [1.54, 1.807) is 37.4 Å². The molecule has 2 amide bonds. The van der Waals surface area contributed by atoms with Gasteiger partial charge in [0.2, 0.25) is 0 Å². The number of carbonyl (C=O) groups excluding carboxylic acids is 1. The number of amides is 2. The molecule has 0 aromatic heterocycles. The Kier molecular flexibility index (Phi) is 4.85. The third-order valence-corrected chi connectivity index (χ3v) is 2.93. The Hall–Kier alpha value is -2.20. The van der Waals surface area contributed by atoms with Crippen LogP contribution in [-0.2, 0) is 6.54 Å². The first-order valence-electron chi connectivity index (χ1n) is 6.11. The molecule has 0 atom stereocenters. The molecule has 0 saturated heterocycles. The molecule has 5 heteroatoms. The summed E-state index contributed by atoms with van der Waals surface area (Å²) < 4.78 is 5.05. The maximum atomic E-state index is 11.7. The summed E-state index contributed by atoms with van der Waals surface area (Å²) in [6.07, 6.45) is 0. The predicted octanol–water partition coefficient (Wildman–Crippen LogP) is 3.67. The van der Waals surface area contributed by atoms with Crippen molar-refractivity contribution in [3.05, 3.63) is 59.1 Å². The van der Waals surface area contributed by atoms with E-state index in [0.29, 0.717) is 17.3 Å². The summed E-state index contributed by atoms with van der Waals surface area (Å²) in [6.45, 7) is 0.419. The van der Waals surface area contributed by atoms with Gasteiger partial charge in [-0.05, 0) is 42.0 Å². The summed E-state index contributed by atoms with van der Waals surface area (Å²) in [7, 11) is 1.60. The zero-order chi connectivity index (χ0) is 14.4. The highest BCUT2D eigenvalue weighted by Gasteiger charge is 2.02.